The van der Waals surface area contributed by atoms with Crippen LogP contribution < -0.4 is 4.74 Å². The van der Waals surface area contributed by atoms with Crippen molar-refractivity contribution >= 4 is 21.9 Å². The Morgan fingerprint density at radius 2 is 2.31 bits per heavy atom. The summed E-state index contributed by atoms with van der Waals surface area (Å²) in [5.41, 5.74) is 0.510. The monoisotopic (exact) mass is 239 g/mol. The summed E-state index contributed by atoms with van der Waals surface area (Å²) < 4.78 is 5.44. The van der Waals surface area contributed by atoms with Crippen molar-refractivity contribution in [3.63, 3.8) is 0 Å². The zero-order valence-corrected chi connectivity index (χ0v) is 8.46. The van der Waals surface area contributed by atoms with E-state index >= 15 is 0 Å². The molecule has 4 heteroatoms. The van der Waals surface area contributed by atoms with Gasteiger partial charge in [-0.15, -0.1) is 0 Å². The summed E-state index contributed by atoms with van der Waals surface area (Å²) >= 11 is 3.18. The molecular formula is C9H6BrNO2. The second-order valence-electron chi connectivity index (χ2n) is 2.35. The molecule has 0 saturated heterocycles. The van der Waals surface area contributed by atoms with E-state index in [0.29, 0.717) is 15.8 Å². The van der Waals surface area contributed by atoms with Crippen LogP contribution in [0.2, 0.25) is 0 Å². The quantitative estimate of drug-likeness (QED) is 0.558. The van der Waals surface area contributed by atoms with Crippen molar-refractivity contribution in [3.05, 3.63) is 28.2 Å². The van der Waals surface area contributed by atoms with Gasteiger partial charge < -0.3 is 4.74 Å². The van der Waals surface area contributed by atoms with Crippen LogP contribution in [-0.4, -0.2) is 5.97 Å². The van der Waals surface area contributed by atoms with Gasteiger partial charge in [-0.1, -0.05) is 0 Å². The average molecular weight is 240 g/mol. The minimum Gasteiger partial charge on any atom is -0.427 e. The standard InChI is InChI=1S/C9H6BrNO2/c1-6(12)13-8-3-2-7(5-11)9(10)4-8/h2-4H,1H3. The van der Waals surface area contributed by atoms with E-state index in [1.54, 1.807) is 18.2 Å². The molecule has 0 fully saturated rings. The van der Waals surface area contributed by atoms with E-state index in [0.717, 1.165) is 0 Å². The molecule has 1 aromatic rings. The maximum absolute atomic E-state index is 10.6. The summed E-state index contributed by atoms with van der Waals surface area (Å²) in [6, 6.07) is 6.73. The number of rotatable bonds is 1. The van der Waals surface area contributed by atoms with Crippen molar-refractivity contribution in [2.24, 2.45) is 0 Å². The topological polar surface area (TPSA) is 50.1 Å². The number of carbonyl (C=O) groups excluding carboxylic acids is 1. The number of benzene rings is 1. The zero-order valence-electron chi connectivity index (χ0n) is 6.87. The Kier molecular flexibility index (Phi) is 3.04. The molecule has 0 aliphatic heterocycles. The average Bonchev–Trinajstić information content (AvgIpc) is 2.03. The van der Waals surface area contributed by atoms with Crippen LogP contribution >= 0.6 is 15.9 Å². The fourth-order valence-corrected chi connectivity index (χ4v) is 1.26. The molecule has 13 heavy (non-hydrogen) atoms. The number of hydrogen-bond donors (Lipinski definition) is 0. The van der Waals surface area contributed by atoms with Gasteiger partial charge in [0.05, 0.1) is 5.56 Å². The normalized spacial score (nSPS) is 9.00. The van der Waals surface area contributed by atoms with Crippen LogP contribution in [0.25, 0.3) is 0 Å². The van der Waals surface area contributed by atoms with Crippen LogP contribution in [0.3, 0.4) is 0 Å². The largest absolute Gasteiger partial charge is 0.427 e. The van der Waals surface area contributed by atoms with Gasteiger partial charge in [-0.25, -0.2) is 0 Å². The van der Waals surface area contributed by atoms with Crippen LogP contribution in [0.15, 0.2) is 22.7 Å². The molecule has 0 spiro atoms. The minimum atomic E-state index is -0.378. The van der Waals surface area contributed by atoms with Crippen LogP contribution in [0, 0.1) is 11.3 Å². The van der Waals surface area contributed by atoms with Gasteiger partial charge in [0.1, 0.15) is 11.8 Å². The molecule has 0 heterocycles. The molecule has 1 aromatic carbocycles. The number of ether oxygens (including phenoxy) is 1. The molecule has 1 rings (SSSR count). The lowest BCUT2D eigenvalue weighted by Crippen LogP contribution is -2.01. The second kappa shape index (κ2) is 4.06. The zero-order chi connectivity index (χ0) is 9.84. The molecule has 0 N–H and O–H groups in total. The second-order valence-corrected chi connectivity index (χ2v) is 3.20. The number of halogens is 1. The summed E-state index contributed by atoms with van der Waals surface area (Å²) in [6.07, 6.45) is 0. The van der Waals surface area contributed by atoms with Crippen LogP contribution in [0.5, 0.6) is 5.75 Å². The summed E-state index contributed by atoms with van der Waals surface area (Å²) in [7, 11) is 0. The first kappa shape index (κ1) is 9.75. The van der Waals surface area contributed by atoms with E-state index in [1.165, 1.54) is 6.92 Å². The Morgan fingerprint density at radius 3 is 2.77 bits per heavy atom. The first-order chi connectivity index (χ1) is 6.13. The number of hydrogen-bond acceptors (Lipinski definition) is 3. The fourth-order valence-electron chi connectivity index (χ4n) is 0.816. The third-order valence-electron chi connectivity index (χ3n) is 1.32. The maximum atomic E-state index is 10.6. The summed E-state index contributed by atoms with van der Waals surface area (Å²) in [5.74, 6) is 0.0509. The van der Waals surface area contributed by atoms with Crippen molar-refractivity contribution in [1.82, 2.24) is 0 Å². The Bertz CT molecular complexity index is 382. The Hall–Kier alpha value is -1.34. The molecule has 3 nitrogen and oxygen atoms in total. The minimum absolute atomic E-state index is 0.378. The molecule has 0 radical (unpaired) electrons. The Morgan fingerprint density at radius 1 is 1.62 bits per heavy atom. The highest BCUT2D eigenvalue weighted by Gasteiger charge is 2.02. The Labute approximate surface area is 84.1 Å². The third kappa shape index (κ3) is 2.56. The van der Waals surface area contributed by atoms with Crippen molar-refractivity contribution < 1.29 is 9.53 Å². The van der Waals surface area contributed by atoms with E-state index in [-0.39, 0.29) is 5.97 Å². The van der Waals surface area contributed by atoms with Crippen LogP contribution in [-0.2, 0) is 4.79 Å². The third-order valence-corrected chi connectivity index (χ3v) is 1.98. The number of nitrogens with zero attached hydrogens (tertiary/aromatic N) is 1. The van der Waals surface area contributed by atoms with Crippen molar-refractivity contribution in [2.75, 3.05) is 0 Å². The highest BCUT2D eigenvalue weighted by molar-refractivity contribution is 9.10. The van der Waals surface area contributed by atoms with Crippen LogP contribution in [0.4, 0.5) is 0 Å². The SMILES string of the molecule is CC(=O)Oc1ccc(C#N)c(Br)c1. The highest BCUT2D eigenvalue weighted by atomic mass is 79.9. The number of nitriles is 1. The van der Waals surface area contributed by atoms with Gasteiger partial charge >= 0.3 is 5.97 Å². The lowest BCUT2D eigenvalue weighted by Gasteiger charge is -2.01. The van der Waals surface area contributed by atoms with E-state index in [4.69, 9.17) is 10.00 Å². The van der Waals surface area contributed by atoms with Gasteiger partial charge in [0.2, 0.25) is 0 Å². The lowest BCUT2D eigenvalue weighted by atomic mass is 10.2. The van der Waals surface area contributed by atoms with Gasteiger partial charge in [0.25, 0.3) is 0 Å². The fraction of sp³-hybridized carbons (Fsp3) is 0.111. The Balaban J connectivity index is 2.97. The lowest BCUT2D eigenvalue weighted by molar-refractivity contribution is -0.131. The van der Waals surface area contributed by atoms with Crippen molar-refractivity contribution in [1.29, 1.82) is 5.26 Å². The number of carbonyl (C=O) groups is 1. The molecule has 0 saturated carbocycles. The molecule has 0 amide bonds. The van der Waals surface area contributed by atoms with E-state index in [1.807, 2.05) is 6.07 Å². The van der Waals surface area contributed by atoms with E-state index in [2.05, 4.69) is 15.9 Å². The summed E-state index contributed by atoms with van der Waals surface area (Å²) in [6.45, 7) is 1.33. The smallest absolute Gasteiger partial charge is 0.308 e. The van der Waals surface area contributed by atoms with Gasteiger partial charge in [-0.3, -0.25) is 4.79 Å². The molecule has 0 aliphatic carbocycles. The molecule has 0 aliphatic rings. The highest BCUT2D eigenvalue weighted by Crippen LogP contribution is 2.22. The molecular weight excluding hydrogens is 234 g/mol. The van der Waals surface area contributed by atoms with Gasteiger partial charge in [0, 0.05) is 11.4 Å². The summed E-state index contributed by atoms with van der Waals surface area (Å²) in [5, 5.41) is 8.60. The first-order valence-electron chi connectivity index (χ1n) is 3.51. The van der Waals surface area contributed by atoms with Crippen molar-refractivity contribution in [2.45, 2.75) is 6.92 Å². The van der Waals surface area contributed by atoms with Crippen LogP contribution in [0.1, 0.15) is 12.5 Å². The molecule has 0 atom stereocenters. The summed E-state index contributed by atoms with van der Waals surface area (Å²) in [4.78, 5) is 10.6. The molecule has 0 bridgehead atoms. The molecule has 0 unspecified atom stereocenters. The van der Waals surface area contributed by atoms with E-state index < -0.39 is 0 Å². The predicted octanol–water partition coefficient (Wildman–Crippen LogP) is 2.25. The molecule has 66 valence electrons. The van der Waals surface area contributed by atoms with Gasteiger partial charge in [0.15, 0.2) is 0 Å². The maximum Gasteiger partial charge on any atom is 0.308 e. The molecule has 0 aromatic heterocycles. The van der Waals surface area contributed by atoms with Crippen molar-refractivity contribution in [3.8, 4) is 11.8 Å². The predicted molar refractivity (Wildman–Crippen MR) is 50.2 cm³/mol. The first-order valence-corrected chi connectivity index (χ1v) is 4.31. The van der Waals surface area contributed by atoms with Gasteiger partial charge in [-0.2, -0.15) is 5.26 Å². The number of esters is 1. The van der Waals surface area contributed by atoms with Gasteiger partial charge in [-0.05, 0) is 34.1 Å². The van der Waals surface area contributed by atoms with E-state index in [9.17, 15) is 4.79 Å².